The van der Waals surface area contributed by atoms with Crippen molar-refractivity contribution in [2.75, 3.05) is 11.4 Å². The van der Waals surface area contributed by atoms with E-state index >= 15 is 0 Å². The van der Waals surface area contributed by atoms with Crippen molar-refractivity contribution >= 4 is 23.5 Å². The van der Waals surface area contributed by atoms with Crippen LogP contribution in [-0.4, -0.2) is 41.1 Å². The number of carbonyl (C=O) groups excluding carboxylic acids is 2. The van der Waals surface area contributed by atoms with Crippen LogP contribution in [0, 0.1) is 0 Å². The monoisotopic (exact) mass is 346 g/mol. The van der Waals surface area contributed by atoms with Gasteiger partial charge in [-0.1, -0.05) is 25.0 Å². The van der Waals surface area contributed by atoms with E-state index in [2.05, 4.69) is 5.32 Å². The predicted octanol–water partition coefficient (Wildman–Crippen LogP) is 1.70. The third kappa shape index (κ3) is 3.31. The molecule has 2 aliphatic rings. The molecule has 1 aliphatic carbocycles. The number of anilines is 1. The van der Waals surface area contributed by atoms with Gasteiger partial charge in [-0.25, -0.2) is 4.79 Å². The van der Waals surface area contributed by atoms with E-state index in [1.54, 1.807) is 25.1 Å². The zero-order chi connectivity index (χ0) is 18.0. The molecule has 2 N–H and O–H groups in total. The largest absolute Gasteiger partial charge is 0.480 e. The number of amides is 2. The topological polar surface area (TPSA) is 95.9 Å². The Morgan fingerprint density at radius 1 is 1.32 bits per heavy atom. The minimum absolute atomic E-state index is 0.0435. The van der Waals surface area contributed by atoms with Crippen molar-refractivity contribution in [1.82, 2.24) is 5.32 Å². The van der Waals surface area contributed by atoms with Crippen LogP contribution in [0.2, 0.25) is 0 Å². The Labute approximate surface area is 146 Å². The molecule has 0 saturated heterocycles. The van der Waals surface area contributed by atoms with Crippen molar-refractivity contribution in [3.05, 3.63) is 24.3 Å². The number of benzene rings is 1. The smallest absolute Gasteiger partial charge is 0.329 e. The highest BCUT2D eigenvalue weighted by Crippen LogP contribution is 2.34. The van der Waals surface area contributed by atoms with E-state index < -0.39 is 17.6 Å². The normalized spacial score (nSPS) is 21.4. The maximum absolute atomic E-state index is 12.4. The summed E-state index contributed by atoms with van der Waals surface area (Å²) in [6.45, 7) is 1.86. The highest BCUT2D eigenvalue weighted by atomic mass is 16.5. The van der Waals surface area contributed by atoms with Crippen LogP contribution in [0.15, 0.2) is 24.3 Å². The second-order valence-corrected chi connectivity index (χ2v) is 6.61. The molecule has 2 amide bonds. The molecule has 1 heterocycles. The highest BCUT2D eigenvalue weighted by Gasteiger charge is 2.42. The summed E-state index contributed by atoms with van der Waals surface area (Å²) >= 11 is 0. The van der Waals surface area contributed by atoms with E-state index in [0.717, 1.165) is 12.8 Å². The van der Waals surface area contributed by atoms with E-state index in [-0.39, 0.29) is 24.8 Å². The second kappa shape index (κ2) is 6.74. The fourth-order valence-electron chi connectivity index (χ4n) is 3.50. The van der Waals surface area contributed by atoms with Crippen molar-refractivity contribution in [2.45, 2.75) is 50.7 Å². The highest BCUT2D eigenvalue weighted by molar-refractivity contribution is 6.00. The zero-order valence-electron chi connectivity index (χ0n) is 14.2. The van der Waals surface area contributed by atoms with Crippen LogP contribution in [0.1, 0.15) is 39.0 Å². The molecule has 1 aliphatic heterocycles. The average molecular weight is 346 g/mol. The summed E-state index contributed by atoms with van der Waals surface area (Å²) in [7, 11) is 0. The van der Waals surface area contributed by atoms with Crippen molar-refractivity contribution in [2.24, 2.45) is 0 Å². The van der Waals surface area contributed by atoms with E-state index in [9.17, 15) is 19.5 Å². The number of para-hydroxylation sites is 2. The van der Waals surface area contributed by atoms with Crippen LogP contribution in [-0.2, 0) is 14.4 Å². The number of ether oxygens (including phenoxy) is 1. The number of nitrogens with one attached hydrogen (secondary N) is 1. The quantitative estimate of drug-likeness (QED) is 0.846. The van der Waals surface area contributed by atoms with Gasteiger partial charge in [-0.15, -0.1) is 0 Å². The molecule has 1 fully saturated rings. The Morgan fingerprint density at radius 2 is 2.00 bits per heavy atom. The van der Waals surface area contributed by atoms with Crippen molar-refractivity contribution < 1.29 is 24.2 Å². The Hall–Kier alpha value is -2.57. The summed E-state index contributed by atoms with van der Waals surface area (Å²) < 4.78 is 5.57. The zero-order valence-corrected chi connectivity index (χ0v) is 14.2. The molecule has 0 aromatic heterocycles. The maximum atomic E-state index is 12.4. The van der Waals surface area contributed by atoms with Gasteiger partial charge >= 0.3 is 5.97 Å². The number of rotatable bonds is 5. The molecule has 0 bridgehead atoms. The summed E-state index contributed by atoms with van der Waals surface area (Å²) in [6.07, 6.45) is 1.91. The molecule has 7 nitrogen and oxygen atoms in total. The molecule has 1 atom stereocenters. The molecule has 1 aromatic carbocycles. The second-order valence-electron chi connectivity index (χ2n) is 6.61. The summed E-state index contributed by atoms with van der Waals surface area (Å²) in [4.78, 5) is 37.8. The van der Waals surface area contributed by atoms with Gasteiger partial charge < -0.3 is 20.1 Å². The number of carboxylic acid groups (broad SMARTS) is 1. The van der Waals surface area contributed by atoms with Gasteiger partial charge in [0.15, 0.2) is 6.10 Å². The first kappa shape index (κ1) is 17.3. The summed E-state index contributed by atoms with van der Waals surface area (Å²) in [5.74, 6) is -0.943. The Bertz CT molecular complexity index is 696. The number of nitrogens with zero attached hydrogens (tertiary/aromatic N) is 1. The SMILES string of the molecule is CC1Oc2ccccc2N(CCC(=O)NC2(C(=O)O)CCCC2)C1=O. The van der Waals surface area contributed by atoms with Gasteiger partial charge in [0.05, 0.1) is 5.69 Å². The number of carboxylic acids is 1. The molecule has 1 saturated carbocycles. The van der Waals surface area contributed by atoms with Crippen molar-refractivity contribution in [1.29, 1.82) is 0 Å². The predicted molar refractivity (Wildman–Crippen MR) is 90.5 cm³/mol. The summed E-state index contributed by atoms with van der Waals surface area (Å²) in [5.41, 5.74) is -0.524. The van der Waals surface area contributed by atoms with Gasteiger partial charge in [0.25, 0.3) is 5.91 Å². The van der Waals surface area contributed by atoms with Gasteiger partial charge in [-0.05, 0) is 31.9 Å². The standard InChI is InChI=1S/C18H22N2O5/c1-12-16(22)20(13-6-2-3-7-14(13)25-12)11-8-15(21)19-18(17(23)24)9-4-5-10-18/h2-3,6-7,12H,4-5,8-11H2,1H3,(H,19,21)(H,23,24). The van der Waals surface area contributed by atoms with Crippen LogP contribution < -0.4 is 15.0 Å². The molecule has 0 spiro atoms. The fraction of sp³-hybridized carbons (Fsp3) is 0.500. The fourth-order valence-corrected chi connectivity index (χ4v) is 3.50. The maximum Gasteiger partial charge on any atom is 0.329 e. The first-order chi connectivity index (χ1) is 11.9. The number of hydrogen-bond acceptors (Lipinski definition) is 4. The number of carbonyl (C=O) groups is 3. The third-order valence-corrected chi connectivity index (χ3v) is 4.88. The number of fused-ring (bicyclic) bond motifs is 1. The van der Waals surface area contributed by atoms with E-state index in [1.807, 2.05) is 6.07 Å². The number of aliphatic carboxylic acids is 1. The Balaban J connectivity index is 1.67. The first-order valence-electron chi connectivity index (χ1n) is 8.54. The molecule has 25 heavy (non-hydrogen) atoms. The first-order valence-corrected chi connectivity index (χ1v) is 8.54. The van der Waals surface area contributed by atoms with Gasteiger partial charge in [-0.2, -0.15) is 0 Å². The minimum Gasteiger partial charge on any atom is -0.480 e. The Kier molecular flexibility index (Phi) is 4.65. The van der Waals surface area contributed by atoms with Crippen molar-refractivity contribution in [3.8, 4) is 5.75 Å². The summed E-state index contributed by atoms with van der Waals surface area (Å²) in [6, 6.07) is 7.18. The lowest BCUT2D eigenvalue weighted by atomic mass is 9.97. The van der Waals surface area contributed by atoms with Crippen LogP contribution in [0.25, 0.3) is 0 Å². The van der Waals surface area contributed by atoms with Crippen LogP contribution >= 0.6 is 0 Å². The van der Waals surface area contributed by atoms with Crippen molar-refractivity contribution in [3.63, 3.8) is 0 Å². The number of hydrogen-bond donors (Lipinski definition) is 2. The molecule has 1 aromatic rings. The van der Waals surface area contributed by atoms with Gasteiger partial charge in [0.2, 0.25) is 5.91 Å². The van der Waals surface area contributed by atoms with Gasteiger partial charge in [0, 0.05) is 13.0 Å². The molecule has 1 unspecified atom stereocenters. The average Bonchev–Trinajstić information content (AvgIpc) is 3.05. The molecule has 7 heteroatoms. The van der Waals surface area contributed by atoms with E-state index in [1.165, 1.54) is 4.90 Å². The molecule has 3 rings (SSSR count). The van der Waals surface area contributed by atoms with Gasteiger partial charge in [-0.3, -0.25) is 9.59 Å². The van der Waals surface area contributed by atoms with Gasteiger partial charge in [0.1, 0.15) is 11.3 Å². The molecule has 134 valence electrons. The van der Waals surface area contributed by atoms with Crippen LogP contribution in [0.4, 0.5) is 5.69 Å². The minimum atomic E-state index is -1.16. The molecular weight excluding hydrogens is 324 g/mol. The third-order valence-electron chi connectivity index (χ3n) is 4.88. The molecule has 0 radical (unpaired) electrons. The lowest BCUT2D eigenvalue weighted by Gasteiger charge is -2.33. The summed E-state index contributed by atoms with van der Waals surface area (Å²) in [5, 5.41) is 12.1. The molecular formula is C18H22N2O5. The van der Waals surface area contributed by atoms with Crippen LogP contribution in [0.3, 0.4) is 0 Å². The lowest BCUT2D eigenvalue weighted by Crippen LogP contribution is -2.53. The van der Waals surface area contributed by atoms with Crippen LogP contribution in [0.5, 0.6) is 5.75 Å². The Morgan fingerprint density at radius 3 is 2.68 bits per heavy atom. The van der Waals surface area contributed by atoms with E-state index in [4.69, 9.17) is 4.74 Å². The van der Waals surface area contributed by atoms with E-state index in [0.29, 0.717) is 24.3 Å². The lowest BCUT2D eigenvalue weighted by molar-refractivity contribution is -0.147.